The Balaban J connectivity index is 1.06. The summed E-state index contributed by atoms with van der Waals surface area (Å²) >= 11 is 9.78. The van der Waals surface area contributed by atoms with Crippen LogP contribution in [0.25, 0.3) is 11.0 Å². The van der Waals surface area contributed by atoms with Crippen molar-refractivity contribution in [2.75, 3.05) is 43.6 Å². The van der Waals surface area contributed by atoms with Crippen LogP contribution in [0.4, 0.5) is 5.69 Å². The number of fused-ring (bicyclic) bond motifs is 2. The highest BCUT2D eigenvalue weighted by Gasteiger charge is 2.21. The van der Waals surface area contributed by atoms with E-state index >= 15 is 0 Å². The average Bonchev–Trinajstić information content (AvgIpc) is 2.88. The van der Waals surface area contributed by atoms with Crippen LogP contribution >= 0.6 is 35.1 Å². The van der Waals surface area contributed by atoms with E-state index in [1.165, 1.54) is 11.8 Å². The molecule has 2 aliphatic heterocycles. The number of piperidine rings is 1. The number of benzene rings is 2. The lowest BCUT2D eigenvalue weighted by atomic mass is 10.0. The van der Waals surface area contributed by atoms with E-state index in [0.717, 1.165) is 81.2 Å². The molecule has 0 bridgehead atoms. The zero-order valence-electron chi connectivity index (χ0n) is 19.6. The highest BCUT2D eigenvalue weighted by molar-refractivity contribution is 8.00. The summed E-state index contributed by atoms with van der Waals surface area (Å²) in [5.41, 5.74) is 3.64. The van der Waals surface area contributed by atoms with Crippen molar-refractivity contribution in [2.45, 2.75) is 35.3 Å². The molecule has 0 saturated carbocycles. The van der Waals surface area contributed by atoms with E-state index in [1.54, 1.807) is 18.9 Å². The van der Waals surface area contributed by atoms with Gasteiger partial charge in [-0.2, -0.15) is 0 Å². The SMILES string of the molecule is COc1ccc2ncc(SCCN3CCC(NCc4cc5c(cc4Cl)SCC(=O)N5)CC3)nc2c1. The van der Waals surface area contributed by atoms with Crippen LogP contribution in [0.5, 0.6) is 5.75 Å². The molecule has 1 fully saturated rings. The molecule has 0 aliphatic carbocycles. The lowest BCUT2D eigenvalue weighted by Crippen LogP contribution is -2.43. The molecule has 3 aromatic rings. The number of carbonyl (C=O) groups excluding carboxylic acids is 1. The van der Waals surface area contributed by atoms with Crippen molar-refractivity contribution in [1.82, 2.24) is 20.2 Å². The smallest absolute Gasteiger partial charge is 0.234 e. The van der Waals surface area contributed by atoms with Crippen LogP contribution in [0.1, 0.15) is 18.4 Å². The predicted octanol–water partition coefficient (Wildman–Crippen LogP) is 4.68. The maximum Gasteiger partial charge on any atom is 0.234 e. The largest absolute Gasteiger partial charge is 0.497 e. The Morgan fingerprint density at radius 1 is 1.26 bits per heavy atom. The molecule has 184 valence electrons. The minimum atomic E-state index is 0.0437. The summed E-state index contributed by atoms with van der Waals surface area (Å²) < 4.78 is 5.30. The van der Waals surface area contributed by atoms with Crippen LogP contribution in [0.3, 0.4) is 0 Å². The van der Waals surface area contributed by atoms with Crippen LogP contribution in [0, 0.1) is 0 Å². The molecule has 35 heavy (non-hydrogen) atoms. The second-order valence-electron chi connectivity index (χ2n) is 8.68. The van der Waals surface area contributed by atoms with Gasteiger partial charge in [-0.25, -0.2) is 4.98 Å². The molecule has 5 rings (SSSR count). The molecule has 1 amide bonds. The van der Waals surface area contributed by atoms with Crippen molar-refractivity contribution >= 4 is 57.8 Å². The van der Waals surface area contributed by atoms with Gasteiger partial charge in [-0.15, -0.1) is 23.5 Å². The molecule has 0 radical (unpaired) electrons. The Hall–Kier alpha value is -2.04. The summed E-state index contributed by atoms with van der Waals surface area (Å²) in [5.74, 6) is 2.27. The lowest BCUT2D eigenvalue weighted by molar-refractivity contribution is -0.113. The molecular weight excluding hydrogens is 502 g/mol. The van der Waals surface area contributed by atoms with Crippen molar-refractivity contribution in [3.8, 4) is 5.75 Å². The number of ether oxygens (including phenoxy) is 1. The van der Waals surface area contributed by atoms with E-state index in [-0.39, 0.29) is 5.91 Å². The van der Waals surface area contributed by atoms with Crippen LogP contribution in [-0.2, 0) is 11.3 Å². The van der Waals surface area contributed by atoms with Crippen LogP contribution in [0.2, 0.25) is 5.02 Å². The normalized spacial score (nSPS) is 16.8. The van der Waals surface area contributed by atoms with Gasteiger partial charge in [0.1, 0.15) is 10.8 Å². The Bertz CT molecular complexity index is 1220. The Kier molecular flexibility index (Phi) is 7.99. The van der Waals surface area contributed by atoms with Gasteiger partial charge < -0.3 is 20.3 Å². The first-order valence-electron chi connectivity index (χ1n) is 11.7. The summed E-state index contributed by atoms with van der Waals surface area (Å²) in [6.45, 7) is 3.88. The highest BCUT2D eigenvalue weighted by Crippen LogP contribution is 2.35. The maximum atomic E-state index is 11.7. The second kappa shape index (κ2) is 11.3. The number of hydrogen-bond donors (Lipinski definition) is 2. The number of aromatic nitrogens is 2. The second-order valence-corrected chi connectivity index (χ2v) is 11.2. The predicted molar refractivity (Wildman–Crippen MR) is 144 cm³/mol. The van der Waals surface area contributed by atoms with Gasteiger partial charge >= 0.3 is 0 Å². The van der Waals surface area contributed by atoms with Crippen molar-refractivity contribution in [3.63, 3.8) is 0 Å². The molecule has 0 spiro atoms. The van der Waals surface area contributed by atoms with E-state index < -0.39 is 0 Å². The van der Waals surface area contributed by atoms with E-state index in [2.05, 4.69) is 20.5 Å². The zero-order chi connectivity index (χ0) is 24.2. The molecule has 1 saturated heterocycles. The number of thioether (sulfide) groups is 2. The Labute approximate surface area is 218 Å². The molecule has 3 heterocycles. The highest BCUT2D eigenvalue weighted by atomic mass is 35.5. The number of methoxy groups -OCH3 is 1. The summed E-state index contributed by atoms with van der Waals surface area (Å²) in [6, 6.07) is 10.2. The van der Waals surface area contributed by atoms with Gasteiger partial charge in [-0.3, -0.25) is 9.78 Å². The molecule has 2 aliphatic rings. The topological polar surface area (TPSA) is 79.4 Å². The number of likely N-dealkylation sites (tertiary alicyclic amines) is 1. The first kappa shape index (κ1) is 24.6. The van der Waals surface area contributed by atoms with Gasteiger partial charge in [-0.05, 0) is 55.8 Å². The number of halogens is 1. The molecule has 7 nitrogen and oxygen atoms in total. The maximum absolute atomic E-state index is 11.7. The standard InChI is InChI=1S/C25H28ClN5O2S2/c1-33-18-2-3-20-21(11-18)30-25(14-28-20)34-9-8-31-6-4-17(5-7-31)27-13-16-10-22-23(12-19(16)26)35-15-24(32)29-22/h2-3,10-12,14,17,27H,4-9,13,15H2,1H3,(H,29,32). The minimum Gasteiger partial charge on any atom is -0.497 e. The van der Waals surface area contributed by atoms with Gasteiger partial charge in [0.2, 0.25) is 5.91 Å². The fraction of sp³-hybridized carbons (Fsp3) is 0.400. The van der Waals surface area contributed by atoms with Gasteiger partial charge in [0.15, 0.2) is 0 Å². The molecule has 0 unspecified atom stereocenters. The number of rotatable bonds is 8. The molecule has 1 aromatic heterocycles. The van der Waals surface area contributed by atoms with Gasteiger partial charge in [-0.1, -0.05) is 11.6 Å². The number of nitrogens with one attached hydrogen (secondary N) is 2. The summed E-state index contributed by atoms with van der Waals surface area (Å²) in [5, 5.41) is 8.31. The van der Waals surface area contributed by atoms with Crippen molar-refractivity contribution in [3.05, 3.63) is 47.1 Å². The third-order valence-corrected chi connectivity index (χ3v) is 8.62. The minimum absolute atomic E-state index is 0.0437. The van der Waals surface area contributed by atoms with E-state index in [9.17, 15) is 4.79 Å². The average molecular weight is 530 g/mol. The van der Waals surface area contributed by atoms with Gasteiger partial charge in [0, 0.05) is 40.9 Å². The number of hydrogen-bond acceptors (Lipinski definition) is 8. The van der Waals surface area contributed by atoms with Gasteiger partial charge in [0.25, 0.3) is 0 Å². The monoisotopic (exact) mass is 529 g/mol. The van der Waals surface area contributed by atoms with Crippen molar-refractivity contribution < 1.29 is 9.53 Å². The van der Waals surface area contributed by atoms with E-state index in [4.69, 9.17) is 21.3 Å². The van der Waals surface area contributed by atoms with Crippen molar-refractivity contribution in [2.24, 2.45) is 0 Å². The molecule has 0 atom stereocenters. The lowest BCUT2D eigenvalue weighted by Gasteiger charge is -2.32. The Morgan fingerprint density at radius 2 is 2.11 bits per heavy atom. The number of anilines is 1. The van der Waals surface area contributed by atoms with E-state index in [1.807, 2.05) is 36.5 Å². The van der Waals surface area contributed by atoms with Crippen molar-refractivity contribution in [1.29, 1.82) is 0 Å². The first-order chi connectivity index (χ1) is 17.1. The zero-order valence-corrected chi connectivity index (χ0v) is 21.9. The van der Waals surface area contributed by atoms with E-state index in [0.29, 0.717) is 18.3 Å². The summed E-state index contributed by atoms with van der Waals surface area (Å²) in [6.07, 6.45) is 4.07. The van der Waals surface area contributed by atoms with Crippen LogP contribution < -0.4 is 15.4 Å². The van der Waals surface area contributed by atoms with Gasteiger partial charge in [0.05, 0.1) is 35.8 Å². The quantitative estimate of drug-likeness (QED) is 0.407. The van der Waals surface area contributed by atoms with Crippen LogP contribution in [-0.4, -0.2) is 65.1 Å². The third-order valence-electron chi connectivity index (χ3n) is 6.33. The number of carbonyl (C=O) groups is 1. The number of nitrogens with zero attached hydrogens (tertiary/aromatic N) is 3. The fourth-order valence-corrected chi connectivity index (χ4v) is 6.32. The molecule has 2 aromatic carbocycles. The molecule has 10 heteroatoms. The Morgan fingerprint density at radius 3 is 2.94 bits per heavy atom. The third kappa shape index (κ3) is 6.21. The number of amides is 1. The van der Waals surface area contributed by atoms with Crippen LogP contribution in [0.15, 0.2) is 46.5 Å². The summed E-state index contributed by atoms with van der Waals surface area (Å²) in [4.78, 5) is 24.5. The molecular formula is C25H28ClN5O2S2. The fourth-order valence-electron chi connectivity index (χ4n) is 4.35. The molecule has 2 N–H and O–H groups in total. The first-order valence-corrected chi connectivity index (χ1v) is 14.1. The summed E-state index contributed by atoms with van der Waals surface area (Å²) in [7, 11) is 1.66.